The van der Waals surface area contributed by atoms with Crippen molar-refractivity contribution in [3.8, 4) is 11.5 Å². The van der Waals surface area contributed by atoms with E-state index in [-0.39, 0.29) is 31.5 Å². The largest absolute Gasteiger partial charge is 0.491 e. The van der Waals surface area contributed by atoms with Crippen molar-refractivity contribution in [2.24, 2.45) is 0 Å². The zero-order valence-corrected chi connectivity index (χ0v) is 18.3. The van der Waals surface area contributed by atoms with Crippen LogP contribution in [0.2, 0.25) is 0 Å². The number of hydrogen-bond acceptors (Lipinski definition) is 6. The number of carbonyl (C=O) groups excluding carboxylic acids is 1. The molecule has 0 amide bonds. The quantitative estimate of drug-likeness (QED) is 0.497. The minimum Gasteiger partial charge on any atom is -0.491 e. The van der Waals surface area contributed by atoms with E-state index in [0.29, 0.717) is 17.1 Å². The van der Waals surface area contributed by atoms with Crippen molar-refractivity contribution in [3.63, 3.8) is 0 Å². The predicted molar refractivity (Wildman–Crippen MR) is 116 cm³/mol. The van der Waals surface area contributed by atoms with E-state index in [1.165, 1.54) is 6.92 Å². The lowest BCUT2D eigenvalue weighted by Crippen LogP contribution is -2.29. The van der Waals surface area contributed by atoms with Crippen LogP contribution in [0.15, 0.2) is 42.5 Å². The molecule has 31 heavy (non-hydrogen) atoms. The molecule has 0 saturated carbocycles. The van der Waals surface area contributed by atoms with Gasteiger partial charge in [0.25, 0.3) is 0 Å². The van der Waals surface area contributed by atoms with Crippen LogP contribution >= 0.6 is 0 Å². The minimum atomic E-state index is -1.01. The number of carboxylic acid groups (broad SMARTS) is 1. The summed E-state index contributed by atoms with van der Waals surface area (Å²) < 4.78 is 16.7. The zero-order chi connectivity index (χ0) is 23.0. The number of benzene rings is 2. The molecule has 7 heteroatoms. The molecule has 0 bridgehead atoms. The Kier molecular flexibility index (Phi) is 9.03. The summed E-state index contributed by atoms with van der Waals surface area (Å²) in [5.74, 6) is 0.0816. The summed E-state index contributed by atoms with van der Waals surface area (Å²) in [5.41, 5.74) is 2.18. The van der Waals surface area contributed by atoms with Gasteiger partial charge in [0.1, 0.15) is 30.8 Å². The molecule has 0 fully saturated rings. The number of aliphatic carboxylic acids is 1. The van der Waals surface area contributed by atoms with Crippen LogP contribution in [0.4, 0.5) is 0 Å². The van der Waals surface area contributed by atoms with Crippen molar-refractivity contribution in [1.82, 2.24) is 0 Å². The highest BCUT2D eigenvalue weighted by Gasteiger charge is 2.20. The molecule has 2 atom stereocenters. The lowest BCUT2D eigenvalue weighted by atomic mass is 10.1. The monoisotopic (exact) mass is 430 g/mol. The van der Waals surface area contributed by atoms with Crippen molar-refractivity contribution < 1.29 is 34.0 Å². The Morgan fingerprint density at radius 3 is 2.35 bits per heavy atom. The molecule has 2 aromatic carbocycles. The van der Waals surface area contributed by atoms with Gasteiger partial charge in [0.15, 0.2) is 11.9 Å². The molecule has 0 radical (unpaired) electrons. The molecule has 2 N–H and O–H groups in total. The van der Waals surface area contributed by atoms with Crippen molar-refractivity contribution in [2.45, 2.75) is 52.4 Å². The molecule has 7 nitrogen and oxygen atoms in total. The fourth-order valence-electron chi connectivity index (χ4n) is 2.96. The summed E-state index contributed by atoms with van der Waals surface area (Å²) in [4.78, 5) is 22.8. The zero-order valence-electron chi connectivity index (χ0n) is 18.3. The molecular weight excluding hydrogens is 400 g/mol. The van der Waals surface area contributed by atoms with E-state index in [0.717, 1.165) is 11.1 Å². The second kappa shape index (κ2) is 11.5. The average Bonchev–Trinajstić information content (AvgIpc) is 2.70. The lowest BCUT2D eigenvalue weighted by Gasteiger charge is -2.17. The molecule has 0 saturated heterocycles. The maximum atomic E-state index is 11.4. The van der Waals surface area contributed by atoms with E-state index in [4.69, 9.17) is 14.2 Å². The van der Waals surface area contributed by atoms with Crippen molar-refractivity contribution >= 4 is 11.8 Å². The molecule has 0 aromatic heterocycles. The van der Waals surface area contributed by atoms with Crippen LogP contribution in [0, 0.1) is 6.92 Å². The van der Waals surface area contributed by atoms with Gasteiger partial charge in [-0.3, -0.25) is 4.79 Å². The van der Waals surface area contributed by atoms with Gasteiger partial charge in [0.05, 0.1) is 6.10 Å². The molecule has 0 spiro atoms. The maximum absolute atomic E-state index is 11.4. The SMILES string of the molecule is CC(=O)c1ccc(OC[C@H](O)COc2cccc(C[C@H](OC(C)C)C(=O)O)c2)c(C)c1. The molecule has 0 aliphatic rings. The highest BCUT2D eigenvalue weighted by atomic mass is 16.5. The van der Waals surface area contributed by atoms with Crippen LogP contribution in [0.25, 0.3) is 0 Å². The fraction of sp³-hybridized carbons (Fsp3) is 0.417. The van der Waals surface area contributed by atoms with Gasteiger partial charge < -0.3 is 24.4 Å². The number of ketones is 1. The summed E-state index contributed by atoms with van der Waals surface area (Å²) in [6, 6.07) is 12.2. The van der Waals surface area contributed by atoms with Crippen LogP contribution in [-0.4, -0.2) is 53.5 Å². The third kappa shape index (κ3) is 8.03. The van der Waals surface area contributed by atoms with Gasteiger partial charge >= 0.3 is 5.97 Å². The Hall–Kier alpha value is -2.90. The number of Topliss-reactive ketones (excluding diaryl/α,β-unsaturated/α-hetero) is 1. The van der Waals surface area contributed by atoms with Gasteiger partial charge in [0.2, 0.25) is 0 Å². The van der Waals surface area contributed by atoms with Crippen LogP contribution in [0.1, 0.15) is 42.3 Å². The molecule has 2 aromatic rings. The third-order valence-corrected chi connectivity index (χ3v) is 4.49. The fourth-order valence-corrected chi connectivity index (χ4v) is 2.96. The first kappa shape index (κ1) is 24.4. The van der Waals surface area contributed by atoms with Crippen molar-refractivity contribution in [2.75, 3.05) is 13.2 Å². The van der Waals surface area contributed by atoms with E-state index in [9.17, 15) is 19.8 Å². The predicted octanol–water partition coefficient (Wildman–Crippen LogP) is 3.44. The van der Waals surface area contributed by atoms with E-state index in [1.807, 2.05) is 6.92 Å². The number of ether oxygens (including phenoxy) is 3. The van der Waals surface area contributed by atoms with E-state index < -0.39 is 18.2 Å². The summed E-state index contributed by atoms with van der Waals surface area (Å²) in [6.07, 6.45) is -1.79. The third-order valence-electron chi connectivity index (χ3n) is 4.49. The Balaban J connectivity index is 1.88. The van der Waals surface area contributed by atoms with Crippen LogP contribution < -0.4 is 9.47 Å². The molecule has 0 aliphatic heterocycles. The van der Waals surface area contributed by atoms with E-state index in [2.05, 4.69) is 0 Å². The average molecular weight is 430 g/mol. The second-order valence-electron chi connectivity index (χ2n) is 7.68. The van der Waals surface area contributed by atoms with E-state index >= 15 is 0 Å². The minimum absolute atomic E-state index is 0.0128. The number of hydrogen-bond donors (Lipinski definition) is 2. The normalized spacial score (nSPS) is 13.0. The molecule has 2 rings (SSSR count). The van der Waals surface area contributed by atoms with Gasteiger partial charge in [-0.25, -0.2) is 4.79 Å². The first-order chi connectivity index (χ1) is 14.7. The van der Waals surface area contributed by atoms with Gasteiger partial charge in [-0.1, -0.05) is 12.1 Å². The highest BCUT2D eigenvalue weighted by Crippen LogP contribution is 2.20. The molecule has 0 unspecified atom stereocenters. The van der Waals surface area contributed by atoms with E-state index in [1.54, 1.807) is 56.3 Å². The number of aliphatic hydroxyl groups is 1. The summed E-state index contributed by atoms with van der Waals surface area (Å²) in [7, 11) is 0. The van der Waals surface area contributed by atoms with Crippen molar-refractivity contribution in [3.05, 3.63) is 59.2 Å². The van der Waals surface area contributed by atoms with Crippen LogP contribution in [0.3, 0.4) is 0 Å². The molecular formula is C24H30O7. The standard InChI is InChI=1S/C24H30O7/c1-15(2)31-23(24(27)28)12-18-6-5-7-21(11-18)29-13-20(26)14-30-22-9-8-19(17(4)25)10-16(22)3/h5-11,15,20,23,26H,12-14H2,1-4H3,(H,27,28)/t20-,23+/m1/s1. The van der Waals surface area contributed by atoms with Crippen LogP contribution in [0.5, 0.6) is 11.5 Å². The van der Waals surface area contributed by atoms with Crippen molar-refractivity contribution in [1.29, 1.82) is 0 Å². The van der Waals surface area contributed by atoms with Gasteiger partial charge in [-0.2, -0.15) is 0 Å². The van der Waals surface area contributed by atoms with Gasteiger partial charge in [0, 0.05) is 12.0 Å². The first-order valence-electron chi connectivity index (χ1n) is 10.2. The maximum Gasteiger partial charge on any atom is 0.333 e. The molecule has 0 aliphatic carbocycles. The number of aryl methyl sites for hydroxylation is 1. The Morgan fingerprint density at radius 1 is 1.03 bits per heavy atom. The summed E-state index contributed by atoms with van der Waals surface area (Å²) in [5, 5.41) is 19.5. The topological polar surface area (TPSA) is 102 Å². The Bertz CT molecular complexity index is 891. The number of rotatable bonds is 12. The lowest BCUT2D eigenvalue weighted by molar-refractivity contribution is -0.153. The highest BCUT2D eigenvalue weighted by molar-refractivity contribution is 5.94. The summed E-state index contributed by atoms with van der Waals surface area (Å²) in [6.45, 7) is 6.96. The smallest absolute Gasteiger partial charge is 0.333 e. The molecule has 0 heterocycles. The number of carboxylic acids is 1. The summed E-state index contributed by atoms with van der Waals surface area (Å²) >= 11 is 0. The van der Waals surface area contributed by atoms with Crippen LogP contribution in [-0.2, 0) is 16.0 Å². The Morgan fingerprint density at radius 2 is 1.74 bits per heavy atom. The number of aliphatic hydroxyl groups excluding tert-OH is 1. The van der Waals surface area contributed by atoms with Gasteiger partial charge in [-0.15, -0.1) is 0 Å². The molecule has 168 valence electrons. The Labute approximate surface area is 182 Å². The number of carbonyl (C=O) groups is 2. The second-order valence-corrected chi connectivity index (χ2v) is 7.68. The first-order valence-corrected chi connectivity index (χ1v) is 10.2. The van der Waals surface area contributed by atoms with Gasteiger partial charge in [-0.05, 0) is 69.2 Å².